The Morgan fingerprint density at radius 2 is 1.67 bits per heavy atom. The third kappa shape index (κ3) is 2.55. The molecule has 0 saturated carbocycles. The molecule has 0 atom stereocenters. The van der Waals surface area contributed by atoms with Crippen molar-refractivity contribution in [1.29, 1.82) is 0 Å². The van der Waals surface area contributed by atoms with Gasteiger partial charge in [0.05, 0.1) is 11.2 Å². The number of fused-ring (bicyclic) bond motifs is 3. The van der Waals surface area contributed by atoms with E-state index in [1.807, 2.05) is 6.07 Å². The van der Waals surface area contributed by atoms with Crippen LogP contribution < -0.4 is 5.32 Å². The lowest BCUT2D eigenvalue weighted by atomic mass is 10.0. The van der Waals surface area contributed by atoms with Gasteiger partial charge in [-0.1, -0.05) is 42.5 Å². The molecule has 1 heterocycles. The van der Waals surface area contributed by atoms with Gasteiger partial charge >= 0.3 is 0 Å². The Labute approximate surface area is 149 Å². The van der Waals surface area contributed by atoms with Crippen molar-refractivity contribution < 1.29 is 0 Å². The van der Waals surface area contributed by atoms with Crippen molar-refractivity contribution in [3.8, 4) is 0 Å². The van der Waals surface area contributed by atoms with Gasteiger partial charge in [-0.25, -0.2) is 4.98 Å². The Bertz CT molecular complexity index is 1070. The van der Waals surface area contributed by atoms with E-state index in [-0.39, 0.29) is 0 Å². The average molecular weight is 377 g/mol. The summed E-state index contributed by atoms with van der Waals surface area (Å²) in [6, 6.07) is 21.0. The van der Waals surface area contributed by atoms with Crippen LogP contribution >= 0.6 is 15.9 Å². The first-order valence-electron chi connectivity index (χ1n) is 7.95. The molecule has 1 N–H and O–H groups in total. The van der Waals surface area contributed by atoms with Gasteiger partial charge in [0.1, 0.15) is 5.82 Å². The fraction of sp³-hybridized carbons (Fsp3) is 0.0952. The highest BCUT2D eigenvalue weighted by atomic mass is 79.9. The predicted octanol–water partition coefficient (Wildman–Crippen LogP) is 6.51. The van der Waals surface area contributed by atoms with E-state index >= 15 is 0 Å². The van der Waals surface area contributed by atoms with Crippen molar-refractivity contribution >= 4 is 49.1 Å². The molecule has 0 unspecified atom stereocenters. The van der Waals surface area contributed by atoms with Crippen molar-refractivity contribution in [3.05, 3.63) is 76.3 Å². The maximum atomic E-state index is 4.87. The van der Waals surface area contributed by atoms with Crippen LogP contribution in [0.5, 0.6) is 0 Å². The second kappa shape index (κ2) is 5.91. The first-order chi connectivity index (χ1) is 11.6. The third-order valence-electron chi connectivity index (χ3n) is 4.31. The number of benzene rings is 3. The van der Waals surface area contributed by atoms with Crippen molar-refractivity contribution in [2.45, 2.75) is 13.8 Å². The number of nitrogens with zero attached hydrogens (tertiary/aromatic N) is 1. The maximum absolute atomic E-state index is 4.87. The third-order valence-corrected chi connectivity index (χ3v) is 4.97. The number of hydrogen-bond acceptors (Lipinski definition) is 2. The van der Waals surface area contributed by atoms with Gasteiger partial charge in [-0.05, 0) is 64.5 Å². The molecule has 0 amide bonds. The van der Waals surface area contributed by atoms with E-state index in [2.05, 4.69) is 89.7 Å². The zero-order valence-electron chi connectivity index (χ0n) is 13.6. The van der Waals surface area contributed by atoms with E-state index in [4.69, 9.17) is 4.98 Å². The monoisotopic (exact) mass is 376 g/mol. The normalized spacial score (nSPS) is 11.1. The number of halogens is 1. The number of anilines is 2. The predicted molar refractivity (Wildman–Crippen MR) is 106 cm³/mol. The highest BCUT2D eigenvalue weighted by Crippen LogP contribution is 2.34. The molecule has 4 rings (SSSR count). The molecule has 3 heteroatoms. The summed E-state index contributed by atoms with van der Waals surface area (Å²) < 4.78 is 1.04. The van der Waals surface area contributed by atoms with E-state index in [1.165, 1.54) is 21.9 Å². The number of pyridine rings is 1. The topological polar surface area (TPSA) is 24.9 Å². The Morgan fingerprint density at radius 1 is 0.875 bits per heavy atom. The number of aryl methyl sites for hydroxylation is 2. The minimum atomic E-state index is 0.886. The average Bonchev–Trinajstić information content (AvgIpc) is 2.57. The molecule has 1 aromatic heterocycles. The van der Waals surface area contributed by atoms with Crippen molar-refractivity contribution in [2.24, 2.45) is 0 Å². The molecular weight excluding hydrogens is 360 g/mol. The van der Waals surface area contributed by atoms with Crippen LogP contribution in [0.2, 0.25) is 0 Å². The zero-order valence-corrected chi connectivity index (χ0v) is 15.2. The molecule has 3 aromatic carbocycles. The van der Waals surface area contributed by atoms with Crippen LogP contribution in [0.3, 0.4) is 0 Å². The molecule has 0 aliphatic heterocycles. The zero-order chi connectivity index (χ0) is 16.7. The quantitative estimate of drug-likeness (QED) is 0.403. The maximum Gasteiger partial charge on any atom is 0.139 e. The molecule has 0 aliphatic carbocycles. The second-order valence-electron chi connectivity index (χ2n) is 6.08. The van der Waals surface area contributed by atoms with E-state index in [9.17, 15) is 0 Å². The summed E-state index contributed by atoms with van der Waals surface area (Å²) in [5.74, 6) is 0.886. The summed E-state index contributed by atoms with van der Waals surface area (Å²) in [6.45, 7) is 4.24. The van der Waals surface area contributed by atoms with Crippen molar-refractivity contribution in [2.75, 3.05) is 5.32 Å². The molecule has 0 radical (unpaired) electrons. The lowest BCUT2D eigenvalue weighted by Crippen LogP contribution is -1.98. The van der Waals surface area contributed by atoms with E-state index in [1.54, 1.807) is 0 Å². The highest BCUT2D eigenvalue weighted by Gasteiger charge is 2.11. The molecule has 2 nitrogen and oxygen atoms in total. The largest absolute Gasteiger partial charge is 0.339 e. The minimum absolute atomic E-state index is 0.886. The number of hydrogen-bond donors (Lipinski definition) is 1. The van der Waals surface area contributed by atoms with Crippen LogP contribution in [0.15, 0.2) is 65.1 Å². The molecule has 4 aromatic rings. The fourth-order valence-electron chi connectivity index (χ4n) is 3.13. The van der Waals surface area contributed by atoms with Crippen LogP contribution in [0.4, 0.5) is 11.5 Å². The molecule has 0 bridgehead atoms. The van der Waals surface area contributed by atoms with Crippen LogP contribution in [0, 0.1) is 13.8 Å². The summed E-state index contributed by atoms with van der Waals surface area (Å²) in [4.78, 5) is 4.87. The smallest absolute Gasteiger partial charge is 0.139 e. The number of rotatable bonds is 2. The number of para-hydroxylation sites is 1. The van der Waals surface area contributed by atoms with Crippen LogP contribution in [-0.2, 0) is 0 Å². The summed E-state index contributed by atoms with van der Waals surface area (Å²) in [5.41, 5.74) is 4.51. The second-order valence-corrected chi connectivity index (χ2v) is 6.94. The number of aromatic nitrogens is 1. The SMILES string of the molecule is Cc1ccc(Nc2nc3ccccc3c3c(C)cccc23)c(Br)c1. The molecule has 0 aliphatic rings. The molecule has 118 valence electrons. The first-order valence-corrected chi connectivity index (χ1v) is 8.74. The van der Waals surface area contributed by atoms with Crippen molar-refractivity contribution in [1.82, 2.24) is 4.98 Å². The van der Waals surface area contributed by atoms with E-state index in [0.29, 0.717) is 0 Å². The Balaban J connectivity index is 1.98. The Kier molecular flexibility index (Phi) is 3.73. The van der Waals surface area contributed by atoms with Crippen LogP contribution in [-0.4, -0.2) is 4.98 Å². The van der Waals surface area contributed by atoms with Crippen molar-refractivity contribution in [3.63, 3.8) is 0 Å². The van der Waals surface area contributed by atoms with Crippen LogP contribution in [0.25, 0.3) is 21.7 Å². The lowest BCUT2D eigenvalue weighted by Gasteiger charge is -2.14. The standard InChI is InChI=1S/C21H17BrN2/c1-13-10-11-19(17(22)12-13)24-21-16-8-5-6-14(2)20(16)15-7-3-4-9-18(15)23-21/h3-12H,1-2H3,(H,23,24). The summed E-state index contributed by atoms with van der Waals surface area (Å²) in [7, 11) is 0. The molecule has 24 heavy (non-hydrogen) atoms. The van der Waals surface area contributed by atoms with Gasteiger partial charge in [0, 0.05) is 15.2 Å². The van der Waals surface area contributed by atoms with Gasteiger partial charge in [0.15, 0.2) is 0 Å². The van der Waals surface area contributed by atoms with Gasteiger partial charge in [0.2, 0.25) is 0 Å². The van der Waals surface area contributed by atoms with Gasteiger partial charge in [-0.15, -0.1) is 0 Å². The fourth-order valence-corrected chi connectivity index (χ4v) is 3.72. The minimum Gasteiger partial charge on any atom is -0.339 e. The molecular formula is C21H17BrN2. The summed E-state index contributed by atoms with van der Waals surface area (Å²) >= 11 is 3.64. The highest BCUT2D eigenvalue weighted by molar-refractivity contribution is 9.10. The Morgan fingerprint density at radius 3 is 2.50 bits per heavy atom. The van der Waals surface area contributed by atoms with Gasteiger partial charge in [-0.3, -0.25) is 0 Å². The van der Waals surface area contributed by atoms with Gasteiger partial charge < -0.3 is 5.32 Å². The number of nitrogens with one attached hydrogen (secondary N) is 1. The van der Waals surface area contributed by atoms with Crippen LogP contribution in [0.1, 0.15) is 11.1 Å². The van der Waals surface area contributed by atoms with Gasteiger partial charge in [-0.2, -0.15) is 0 Å². The Hall–Kier alpha value is -2.39. The summed E-state index contributed by atoms with van der Waals surface area (Å²) in [6.07, 6.45) is 0. The molecule has 0 spiro atoms. The lowest BCUT2D eigenvalue weighted by molar-refractivity contribution is 1.37. The molecule has 0 saturated heterocycles. The summed E-state index contributed by atoms with van der Waals surface area (Å²) in [5, 5.41) is 7.10. The first kappa shape index (κ1) is 15.2. The van der Waals surface area contributed by atoms with E-state index in [0.717, 1.165) is 26.9 Å². The van der Waals surface area contributed by atoms with E-state index < -0.39 is 0 Å². The van der Waals surface area contributed by atoms with Gasteiger partial charge in [0.25, 0.3) is 0 Å². The molecule has 0 fully saturated rings.